The molecule has 1 atom stereocenters. The molecule has 0 aromatic heterocycles. The van der Waals surface area contributed by atoms with E-state index in [4.69, 9.17) is 15.2 Å². The van der Waals surface area contributed by atoms with E-state index in [1.807, 2.05) is 23.9 Å². The standard InChI is InChI=1S/C13H19NO2S/c1-9(2)13(8-14)17-10-3-4-11-12(7-10)16-6-5-15-11/h3-4,7,9,13H,5-6,8,14H2,1-2H3. The van der Waals surface area contributed by atoms with E-state index in [0.717, 1.165) is 11.5 Å². The van der Waals surface area contributed by atoms with Gasteiger partial charge in [-0.05, 0) is 24.1 Å². The molecule has 0 saturated heterocycles. The van der Waals surface area contributed by atoms with Crippen molar-refractivity contribution in [3.8, 4) is 11.5 Å². The van der Waals surface area contributed by atoms with E-state index < -0.39 is 0 Å². The zero-order chi connectivity index (χ0) is 12.3. The van der Waals surface area contributed by atoms with Crippen LogP contribution in [0.2, 0.25) is 0 Å². The molecular weight excluding hydrogens is 234 g/mol. The molecule has 1 heterocycles. The van der Waals surface area contributed by atoms with Crippen molar-refractivity contribution >= 4 is 11.8 Å². The third-order valence-electron chi connectivity index (χ3n) is 2.78. The topological polar surface area (TPSA) is 44.5 Å². The molecule has 1 aromatic carbocycles. The summed E-state index contributed by atoms with van der Waals surface area (Å²) in [5.74, 6) is 2.26. The van der Waals surface area contributed by atoms with Gasteiger partial charge in [-0.3, -0.25) is 0 Å². The Morgan fingerprint density at radius 3 is 2.59 bits per heavy atom. The fourth-order valence-electron chi connectivity index (χ4n) is 1.73. The molecule has 0 radical (unpaired) electrons. The van der Waals surface area contributed by atoms with Crippen LogP contribution in [0.15, 0.2) is 23.1 Å². The Balaban J connectivity index is 2.11. The van der Waals surface area contributed by atoms with Crippen molar-refractivity contribution in [3.63, 3.8) is 0 Å². The maximum Gasteiger partial charge on any atom is 0.162 e. The number of rotatable bonds is 4. The third kappa shape index (κ3) is 3.07. The molecule has 94 valence electrons. The van der Waals surface area contributed by atoms with Gasteiger partial charge in [-0.2, -0.15) is 0 Å². The van der Waals surface area contributed by atoms with Crippen LogP contribution in [0.25, 0.3) is 0 Å². The van der Waals surface area contributed by atoms with Gasteiger partial charge in [0.15, 0.2) is 11.5 Å². The first kappa shape index (κ1) is 12.6. The van der Waals surface area contributed by atoms with Gasteiger partial charge in [0.25, 0.3) is 0 Å². The number of hydrogen-bond donors (Lipinski definition) is 1. The normalized spacial score (nSPS) is 16.0. The molecule has 0 saturated carbocycles. The average molecular weight is 253 g/mol. The SMILES string of the molecule is CC(C)C(CN)Sc1ccc2c(c1)OCCO2. The number of hydrogen-bond acceptors (Lipinski definition) is 4. The molecule has 3 nitrogen and oxygen atoms in total. The predicted molar refractivity (Wildman–Crippen MR) is 71.0 cm³/mol. The molecule has 2 rings (SSSR count). The summed E-state index contributed by atoms with van der Waals surface area (Å²) < 4.78 is 11.1. The minimum atomic E-state index is 0.442. The highest BCUT2D eigenvalue weighted by Crippen LogP contribution is 2.36. The van der Waals surface area contributed by atoms with Crippen LogP contribution in [0, 0.1) is 5.92 Å². The van der Waals surface area contributed by atoms with Crippen molar-refractivity contribution in [1.82, 2.24) is 0 Å². The maximum atomic E-state index is 5.78. The quantitative estimate of drug-likeness (QED) is 0.838. The van der Waals surface area contributed by atoms with Gasteiger partial charge < -0.3 is 15.2 Å². The summed E-state index contributed by atoms with van der Waals surface area (Å²) in [5, 5.41) is 0.442. The van der Waals surface area contributed by atoms with E-state index in [9.17, 15) is 0 Å². The van der Waals surface area contributed by atoms with Gasteiger partial charge in [-0.25, -0.2) is 0 Å². The number of fused-ring (bicyclic) bond motifs is 1. The highest BCUT2D eigenvalue weighted by Gasteiger charge is 2.16. The molecular formula is C13H19NO2S. The summed E-state index contributed by atoms with van der Waals surface area (Å²) in [7, 11) is 0. The van der Waals surface area contributed by atoms with E-state index in [0.29, 0.717) is 30.9 Å². The fourth-order valence-corrected chi connectivity index (χ4v) is 2.77. The van der Waals surface area contributed by atoms with Crippen LogP contribution in [-0.4, -0.2) is 25.0 Å². The first-order chi connectivity index (χ1) is 8.20. The lowest BCUT2D eigenvalue weighted by Gasteiger charge is -2.21. The summed E-state index contributed by atoms with van der Waals surface area (Å²) in [6.07, 6.45) is 0. The predicted octanol–water partition coefficient (Wildman–Crippen LogP) is 2.53. The second-order valence-electron chi connectivity index (χ2n) is 4.44. The smallest absolute Gasteiger partial charge is 0.162 e. The average Bonchev–Trinajstić information content (AvgIpc) is 2.35. The number of thioether (sulfide) groups is 1. The van der Waals surface area contributed by atoms with E-state index in [-0.39, 0.29) is 0 Å². The largest absolute Gasteiger partial charge is 0.486 e. The molecule has 4 heteroatoms. The summed E-state index contributed by atoms with van der Waals surface area (Å²) >= 11 is 1.81. The number of ether oxygens (including phenoxy) is 2. The second kappa shape index (κ2) is 5.65. The van der Waals surface area contributed by atoms with Gasteiger partial charge in [0.05, 0.1) is 0 Å². The van der Waals surface area contributed by atoms with Gasteiger partial charge in [0, 0.05) is 16.7 Å². The Kier molecular flexibility index (Phi) is 4.18. The molecule has 0 aliphatic carbocycles. The van der Waals surface area contributed by atoms with Crippen molar-refractivity contribution in [2.24, 2.45) is 11.7 Å². The molecule has 0 amide bonds. The molecule has 1 aliphatic heterocycles. The lowest BCUT2D eigenvalue weighted by Crippen LogP contribution is -2.22. The second-order valence-corrected chi connectivity index (χ2v) is 5.75. The Morgan fingerprint density at radius 2 is 1.94 bits per heavy atom. The van der Waals surface area contributed by atoms with Crippen molar-refractivity contribution in [2.75, 3.05) is 19.8 Å². The van der Waals surface area contributed by atoms with Crippen LogP contribution in [0.4, 0.5) is 0 Å². The van der Waals surface area contributed by atoms with E-state index in [1.165, 1.54) is 4.90 Å². The molecule has 2 N–H and O–H groups in total. The zero-order valence-electron chi connectivity index (χ0n) is 10.3. The van der Waals surface area contributed by atoms with Crippen molar-refractivity contribution in [1.29, 1.82) is 0 Å². The fraction of sp³-hybridized carbons (Fsp3) is 0.538. The maximum absolute atomic E-state index is 5.78. The van der Waals surface area contributed by atoms with Crippen LogP contribution in [-0.2, 0) is 0 Å². The molecule has 0 spiro atoms. The molecule has 1 unspecified atom stereocenters. The summed E-state index contributed by atoms with van der Waals surface area (Å²) in [6, 6.07) is 6.10. The first-order valence-electron chi connectivity index (χ1n) is 5.97. The van der Waals surface area contributed by atoms with Crippen molar-refractivity contribution in [2.45, 2.75) is 24.0 Å². The zero-order valence-corrected chi connectivity index (χ0v) is 11.1. The van der Waals surface area contributed by atoms with Gasteiger partial charge in [0.1, 0.15) is 13.2 Å². The monoisotopic (exact) mass is 253 g/mol. The van der Waals surface area contributed by atoms with Crippen LogP contribution < -0.4 is 15.2 Å². The van der Waals surface area contributed by atoms with Gasteiger partial charge >= 0.3 is 0 Å². The highest BCUT2D eigenvalue weighted by molar-refractivity contribution is 8.00. The third-order valence-corrected chi connectivity index (χ3v) is 4.34. The van der Waals surface area contributed by atoms with Gasteiger partial charge in [-0.15, -0.1) is 11.8 Å². The first-order valence-corrected chi connectivity index (χ1v) is 6.85. The molecule has 17 heavy (non-hydrogen) atoms. The summed E-state index contributed by atoms with van der Waals surface area (Å²) in [5.41, 5.74) is 5.78. The van der Waals surface area contributed by atoms with Crippen LogP contribution in [0.5, 0.6) is 11.5 Å². The lowest BCUT2D eigenvalue weighted by atomic mass is 10.1. The van der Waals surface area contributed by atoms with E-state index in [2.05, 4.69) is 19.9 Å². The molecule has 1 aliphatic rings. The van der Waals surface area contributed by atoms with E-state index in [1.54, 1.807) is 0 Å². The summed E-state index contributed by atoms with van der Waals surface area (Å²) in [4.78, 5) is 1.19. The molecule has 0 fully saturated rings. The van der Waals surface area contributed by atoms with E-state index >= 15 is 0 Å². The minimum absolute atomic E-state index is 0.442. The summed E-state index contributed by atoms with van der Waals surface area (Å²) in [6.45, 7) is 6.35. The van der Waals surface area contributed by atoms with Crippen LogP contribution in [0.3, 0.4) is 0 Å². The number of benzene rings is 1. The van der Waals surface area contributed by atoms with Gasteiger partial charge in [-0.1, -0.05) is 13.8 Å². The Bertz CT molecular complexity index is 382. The minimum Gasteiger partial charge on any atom is -0.486 e. The molecule has 1 aromatic rings. The highest BCUT2D eigenvalue weighted by atomic mass is 32.2. The van der Waals surface area contributed by atoms with Gasteiger partial charge in [0.2, 0.25) is 0 Å². The number of nitrogens with two attached hydrogens (primary N) is 1. The Labute approximate surface area is 107 Å². The van der Waals surface area contributed by atoms with Crippen molar-refractivity contribution < 1.29 is 9.47 Å². The molecule has 0 bridgehead atoms. The lowest BCUT2D eigenvalue weighted by molar-refractivity contribution is 0.171. The Hall–Kier alpha value is -0.870. The Morgan fingerprint density at radius 1 is 1.24 bits per heavy atom. The van der Waals surface area contributed by atoms with Crippen molar-refractivity contribution in [3.05, 3.63) is 18.2 Å². The van der Waals surface area contributed by atoms with Crippen LogP contribution in [0.1, 0.15) is 13.8 Å². The van der Waals surface area contributed by atoms with Crippen LogP contribution >= 0.6 is 11.8 Å².